The molecule has 0 bridgehead atoms. The number of aromatic nitrogens is 1. The number of carbonyl (C=O) groups excluding carboxylic acids is 1. The molecular formula is C30H33FN2O5S. The van der Waals surface area contributed by atoms with E-state index in [0.717, 1.165) is 6.42 Å². The molecule has 0 radical (unpaired) electrons. The van der Waals surface area contributed by atoms with E-state index in [-0.39, 0.29) is 23.1 Å². The van der Waals surface area contributed by atoms with Gasteiger partial charge < -0.3 is 14.2 Å². The molecule has 0 amide bonds. The van der Waals surface area contributed by atoms with Crippen molar-refractivity contribution in [3.05, 3.63) is 90.4 Å². The normalized spacial score (nSPS) is 15.4. The summed E-state index contributed by atoms with van der Waals surface area (Å²) in [6, 6.07) is 10.5. The lowest BCUT2D eigenvalue weighted by Gasteiger charge is -2.26. The number of thiazole rings is 1. The molecule has 1 unspecified atom stereocenters. The Hall–Kier alpha value is -3.72. The minimum absolute atomic E-state index is 0.278. The highest BCUT2D eigenvalue weighted by Gasteiger charge is 2.34. The van der Waals surface area contributed by atoms with Crippen molar-refractivity contribution in [2.45, 2.75) is 53.2 Å². The van der Waals surface area contributed by atoms with Gasteiger partial charge in [0.2, 0.25) is 0 Å². The molecule has 0 spiro atoms. The number of carbonyl (C=O) groups is 1. The topological polar surface area (TPSA) is 79.1 Å². The number of methoxy groups -OCH3 is 1. The molecule has 39 heavy (non-hydrogen) atoms. The fourth-order valence-corrected chi connectivity index (χ4v) is 5.31. The Bertz CT molecular complexity index is 1570. The number of benzene rings is 2. The van der Waals surface area contributed by atoms with Crippen molar-refractivity contribution in [1.29, 1.82) is 0 Å². The molecule has 2 heterocycles. The first kappa shape index (κ1) is 28.3. The van der Waals surface area contributed by atoms with Gasteiger partial charge in [-0.05, 0) is 74.6 Å². The van der Waals surface area contributed by atoms with Gasteiger partial charge in [0.25, 0.3) is 5.56 Å². The summed E-state index contributed by atoms with van der Waals surface area (Å²) in [5, 5.41) is 0. The molecule has 0 saturated carbocycles. The van der Waals surface area contributed by atoms with E-state index in [1.807, 2.05) is 6.07 Å². The van der Waals surface area contributed by atoms with Gasteiger partial charge in [0, 0.05) is 0 Å². The number of hydrogen-bond acceptors (Lipinski definition) is 7. The molecule has 0 N–H and O–H groups in total. The van der Waals surface area contributed by atoms with E-state index < -0.39 is 12.0 Å². The molecule has 9 heteroatoms. The predicted molar refractivity (Wildman–Crippen MR) is 149 cm³/mol. The summed E-state index contributed by atoms with van der Waals surface area (Å²) >= 11 is 1.21. The van der Waals surface area contributed by atoms with E-state index in [1.165, 1.54) is 28.0 Å². The second kappa shape index (κ2) is 12.0. The molecule has 0 saturated heterocycles. The number of hydrogen-bond donors (Lipinski definition) is 0. The van der Waals surface area contributed by atoms with Crippen LogP contribution in [0, 0.1) is 11.7 Å². The molecule has 3 aromatic rings. The first-order valence-corrected chi connectivity index (χ1v) is 13.7. The first-order valence-electron chi connectivity index (χ1n) is 12.9. The van der Waals surface area contributed by atoms with Crippen LogP contribution in [-0.4, -0.2) is 30.4 Å². The average molecular weight is 553 g/mol. The molecule has 1 aromatic heterocycles. The van der Waals surface area contributed by atoms with E-state index in [2.05, 4.69) is 18.8 Å². The van der Waals surface area contributed by atoms with Gasteiger partial charge in [-0.3, -0.25) is 9.36 Å². The Kier molecular flexibility index (Phi) is 8.70. The fraction of sp³-hybridized carbons (Fsp3) is 0.367. The van der Waals surface area contributed by atoms with Crippen molar-refractivity contribution in [1.82, 2.24) is 4.57 Å². The zero-order valence-electron chi connectivity index (χ0n) is 23.0. The number of allylic oxidation sites excluding steroid dienone is 1. The van der Waals surface area contributed by atoms with E-state index in [0.29, 0.717) is 50.2 Å². The summed E-state index contributed by atoms with van der Waals surface area (Å²) in [4.78, 5) is 32.2. The third kappa shape index (κ3) is 6.30. The summed E-state index contributed by atoms with van der Waals surface area (Å²) in [7, 11) is 1.55. The average Bonchev–Trinajstić information content (AvgIpc) is 3.18. The number of halogens is 1. The summed E-state index contributed by atoms with van der Waals surface area (Å²) in [6.45, 7) is 10.1. The maximum Gasteiger partial charge on any atom is 0.338 e. The maximum atomic E-state index is 13.8. The van der Waals surface area contributed by atoms with Crippen LogP contribution in [0.3, 0.4) is 0 Å². The lowest BCUT2D eigenvalue weighted by Crippen LogP contribution is -2.40. The van der Waals surface area contributed by atoms with Crippen LogP contribution < -0.4 is 24.4 Å². The zero-order valence-corrected chi connectivity index (χ0v) is 23.8. The van der Waals surface area contributed by atoms with Crippen molar-refractivity contribution >= 4 is 23.4 Å². The van der Waals surface area contributed by atoms with Gasteiger partial charge >= 0.3 is 5.97 Å². The van der Waals surface area contributed by atoms with E-state index >= 15 is 0 Å². The molecule has 206 valence electrons. The van der Waals surface area contributed by atoms with Gasteiger partial charge in [-0.2, -0.15) is 0 Å². The van der Waals surface area contributed by atoms with Crippen LogP contribution in [0.15, 0.2) is 63.5 Å². The molecule has 1 aliphatic rings. The van der Waals surface area contributed by atoms with Gasteiger partial charge in [-0.25, -0.2) is 14.2 Å². The summed E-state index contributed by atoms with van der Waals surface area (Å²) < 4.78 is 32.5. The summed E-state index contributed by atoms with van der Waals surface area (Å²) in [6.07, 6.45) is 2.23. The fourth-order valence-electron chi connectivity index (χ4n) is 4.26. The highest BCUT2D eigenvalue weighted by molar-refractivity contribution is 7.07. The Balaban J connectivity index is 1.87. The van der Waals surface area contributed by atoms with E-state index in [4.69, 9.17) is 14.2 Å². The van der Waals surface area contributed by atoms with Crippen LogP contribution in [0.4, 0.5) is 4.39 Å². The minimum Gasteiger partial charge on any atom is -0.493 e. The molecule has 2 aromatic carbocycles. The lowest BCUT2D eigenvalue weighted by atomic mass is 9.95. The van der Waals surface area contributed by atoms with Crippen molar-refractivity contribution in [3.63, 3.8) is 0 Å². The zero-order chi connectivity index (χ0) is 28.3. The second-order valence-corrected chi connectivity index (χ2v) is 11.0. The monoisotopic (exact) mass is 552 g/mol. The van der Waals surface area contributed by atoms with Crippen molar-refractivity contribution in [2.75, 3.05) is 13.7 Å². The van der Waals surface area contributed by atoms with Crippen molar-refractivity contribution in [2.24, 2.45) is 10.9 Å². The Morgan fingerprint density at radius 1 is 1.13 bits per heavy atom. The van der Waals surface area contributed by atoms with Gasteiger partial charge in [0.15, 0.2) is 16.3 Å². The number of fused-ring (bicyclic) bond motifs is 1. The standard InChI is InChI=1S/C30H33FN2O5S/c1-17(2)13-14-37-23-12-9-21(16-24(23)36-6)27-26(29(35)38-18(3)4)19(5)32-30-33(27)28(34)25(39-30)15-20-7-10-22(31)11-8-20/h7-12,15-18,27H,13-14H2,1-6H3. The molecule has 7 nitrogen and oxygen atoms in total. The lowest BCUT2D eigenvalue weighted by molar-refractivity contribution is -0.143. The molecule has 1 aliphatic heterocycles. The van der Waals surface area contributed by atoms with Gasteiger partial charge in [0.05, 0.1) is 41.7 Å². The maximum absolute atomic E-state index is 13.8. The second-order valence-electron chi connectivity index (χ2n) is 10.0. The van der Waals surface area contributed by atoms with Crippen molar-refractivity contribution in [3.8, 4) is 11.5 Å². The minimum atomic E-state index is -0.790. The largest absolute Gasteiger partial charge is 0.493 e. The SMILES string of the molecule is COc1cc(C2C(C(=O)OC(C)C)=C(C)N=c3sc(=Cc4ccc(F)cc4)c(=O)n32)ccc1OCCC(C)C. The number of ether oxygens (including phenoxy) is 3. The molecule has 0 fully saturated rings. The van der Waals surface area contributed by atoms with Gasteiger partial charge in [0.1, 0.15) is 5.82 Å². The van der Waals surface area contributed by atoms with Crippen LogP contribution >= 0.6 is 11.3 Å². The van der Waals surface area contributed by atoms with E-state index in [9.17, 15) is 14.0 Å². The van der Waals surface area contributed by atoms with Gasteiger partial charge in [-0.1, -0.05) is 43.4 Å². The number of esters is 1. The Labute approximate surface area is 230 Å². The third-order valence-electron chi connectivity index (χ3n) is 6.21. The van der Waals surface area contributed by atoms with Crippen LogP contribution in [0.5, 0.6) is 11.5 Å². The highest BCUT2D eigenvalue weighted by Crippen LogP contribution is 2.36. The van der Waals surface area contributed by atoms with Crippen LogP contribution in [-0.2, 0) is 9.53 Å². The molecule has 1 atom stereocenters. The molecule has 0 aliphatic carbocycles. The predicted octanol–water partition coefficient (Wildman–Crippen LogP) is 4.76. The quantitative estimate of drug-likeness (QED) is 0.358. The first-order chi connectivity index (χ1) is 18.6. The molecule has 4 rings (SSSR count). The van der Waals surface area contributed by atoms with Crippen LogP contribution in [0.1, 0.15) is 58.2 Å². The number of rotatable bonds is 9. The summed E-state index contributed by atoms with van der Waals surface area (Å²) in [5.41, 5.74) is 1.77. The number of nitrogens with zero attached hydrogens (tertiary/aromatic N) is 2. The summed E-state index contributed by atoms with van der Waals surface area (Å²) in [5.74, 6) is 0.672. The third-order valence-corrected chi connectivity index (χ3v) is 7.19. The van der Waals surface area contributed by atoms with Gasteiger partial charge in [-0.15, -0.1) is 0 Å². The molecular weight excluding hydrogens is 519 g/mol. The van der Waals surface area contributed by atoms with Crippen molar-refractivity contribution < 1.29 is 23.4 Å². The van der Waals surface area contributed by atoms with Crippen LogP contribution in [0.25, 0.3) is 6.08 Å². The Morgan fingerprint density at radius 3 is 2.49 bits per heavy atom. The van der Waals surface area contributed by atoms with E-state index in [1.54, 1.807) is 58.2 Å². The highest BCUT2D eigenvalue weighted by atomic mass is 32.1. The Morgan fingerprint density at radius 2 is 1.85 bits per heavy atom. The van der Waals surface area contributed by atoms with Crippen LogP contribution in [0.2, 0.25) is 0 Å². The smallest absolute Gasteiger partial charge is 0.338 e.